The Hall–Kier alpha value is -1.31. The van der Waals surface area contributed by atoms with E-state index in [2.05, 4.69) is 38.1 Å². The molecular formula is C22H32O2. The number of carbonyl (C=O) groups excluding carboxylic acids is 1. The van der Waals surface area contributed by atoms with E-state index in [1.807, 2.05) is 0 Å². The van der Waals surface area contributed by atoms with Crippen molar-refractivity contribution in [3.05, 3.63) is 35.4 Å². The Balaban J connectivity index is 1.51. The molecule has 1 saturated heterocycles. The molecular weight excluding hydrogens is 296 g/mol. The van der Waals surface area contributed by atoms with E-state index in [0.29, 0.717) is 11.8 Å². The van der Waals surface area contributed by atoms with E-state index in [4.69, 9.17) is 4.74 Å². The van der Waals surface area contributed by atoms with Gasteiger partial charge in [-0.2, -0.15) is 0 Å². The summed E-state index contributed by atoms with van der Waals surface area (Å²) in [4.78, 5) is 12.2. The molecule has 2 heteroatoms. The summed E-state index contributed by atoms with van der Waals surface area (Å²) in [7, 11) is 0. The molecule has 0 radical (unpaired) electrons. The van der Waals surface area contributed by atoms with Crippen molar-refractivity contribution >= 4 is 5.97 Å². The summed E-state index contributed by atoms with van der Waals surface area (Å²) >= 11 is 0. The van der Waals surface area contributed by atoms with Crippen molar-refractivity contribution in [1.29, 1.82) is 0 Å². The number of hydrogen-bond acceptors (Lipinski definition) is 2. The van der Waals surface area contributed by atoms with Gasteiger partial charge in [-0.1, -0.05) is 44.5 Å². The first-order valence-electron chi connectivity index (χ1n) is 10.0. The number of aryl methyl sites for hydroxylation is 1. The Morgan fingerprint density at radius 1 is 0.958 bits per heavy atom. The number of ether oxygens (including phenoxy) is 1. The first kappa shape index (κ1) is 17.5. The van der Waals surface area contributed by atoms with Crippen LogP contribution in [-0.2, 0) is 16.0 Å². The van der Waals surface area contributed by atoms with Gasteiger partial charge in [0, 0.05) is 0 Å². The topological polar surface area (TPSA) is 26.3 Å². The predicted molar refractivity (Wildman–Crippen MR) is 98.0 cm³/mol. The van der Waals surface area contributed by atoms with E-state index in [0.717, 1.165) is 32.1 Å². The summed E-state index contributed by atoms with van der Waals surface area (Å²) in [5, 5.41) is 0. The quantitative estimate of drug-likeness (QED) is 0.653. The Kier molecular flexibility index (Phi) is 5.97. The second-order valence-corrected chi connectivity index (χ2v) is 7.75. The third kappa shape index (κ3) is 4.02. The van der Waals surface area contributed by atoms with Gasteiger partial charge in [0.2, 0.25) is 0 Å². The van der Waals surface area contributed by atoms with Crippen molar-refractivity contribution in [2.24, 2.45) is 11.8 Å². The van der Waals surface area contributed by atoms with Gasteiger partial charge in [0.1, 0.15) is 6.10 Å². The fraction of sp³-hybridized carbons (Fsp3) is 0.682. The molecule has 0 spiro atoms. The second kappa shape index (κ2) is 8.18. The second-order valence-electron chi connectivity index (χ2n) is 7.75. The maximum atomic E-state index is 12.2. The van der Waals surface area contributed by atoms with Crippen LogP contribution in [0.1, 0.15) is 82.3 Å². The van der Waals surface area contributed by atoms with Crippen LogP contribution >= 0.6 is 0 Å². The van der Waals surface area contributed by atoms with Crippen LogP contribution in [0, 0.1) is 11.8 Å². The molecule has 2 aliphatic rings. The fourth-order valence-electron chi connectivity index (χ4n) is 4.58. The first-order valence-corrected chi connectivity index (χ1v) is 10.0. The normalized spacial score (nSPS) is 30.8. The van der Waals surface area contributed by atoms with Gasteiger partial charge in [-0.15, -0.1) is 0 Å². The molecule has 1 aromatic rings. The summed E-state index contributed by atoms with van der Waals surface area (Å²) in [6.07, 6.45) is 10.4. The molecule has 0 bridgehead atoms. The van der Waals surface area contributed by atoms with Crippen LogP contribution in [0.15, 0.2) is 24.3 Å². The molecule has 1 heterocycles. The van der Waals surface area contributed by atoms with Gasteiger partial charge in [0.15, 0.2) is 0 Å². The lowest BCUT2D eigenvalue weighted by atomic mass is 9.75. The predicted octanol–water partition coefficient (Wildman–Crippen LogP) is 5.64. The molecule has 2 atom stereocenters. The highest BCUT2D eigenvalue weighted by atomic mass is 16.5. The van der Waals surface area contributed by atoms with Crippen LogP contribution in [-0.4, -0.2) is 12.1 Å². The molecule has 1 saturated carbocycles. The van der Waals surface area contributed by atoms with Crippen LogP contribution in [0.3, 0.4) is 0 Å². The molecule has 0 amide bonds. The van der Waals surface area contributed by atoms with Gasteiger partial charge in [-0.3, -0.25) is 4.79 Å². The van der Waals surface area contributed by atoms with E-state index < -0.39 is 0 Å². The highest BCUT2D eigenvalue weighted by molar-refractivity contribution is 5.73. The van der Waals surface area contributed by atoms with Crippen molar-refractivity contribution in [2.45, 2.75) is 83.7 Å². The smallest absolute Gasteiger partial charge is 0.309 e. The minimum absolute atomic E-state index is 0.0744. The zero-order chi connectivity index (χ0) is 16.9. The van der Waals surface area contributed by atoms with Crippen LogP contribution < -0.4 is 0 Å². The molecule has 1 aliphatic heterocycles. The number of esters is 1. The Bertz CT molecular complexity index is 525. The number of carbonyl (C=O) groups is 1. The van der Waals surface area contributed by atoms with Gasteiger partial charge in [0.25, 0.3) is 0 Å². The summed E-state index contributed by atoms with van der Waals surface area (Å²) in [6, 6.07) is 9.19. The highest BCUT2D eigenvalue weighted by Gasteiger charge is 2.36. The van der Waals surface area contributed by atoms with Crippen molar-refractivity contribution in [3.8, 4) is 0 Å². The van der Waals surface area contributed by atoms with Crippen molar-refractivity contribution in [3.63, 3.8) is 0 Å². The maximum Gasteiger partial charge on any atom is 0.309 e. The van der Waals surface area contributed by atoms with Crippen molar-refractivity contribution in [1.82, 2.24) is 0 Å². The lowest BCUT2D eigenvalue weighted by molar-refractivity contribution is -0.165. The summed E-state index contributed by atoms with van der Waals surface area (Å²) in [6.45, 7) is 4.35. The van der Waals surface area contributed by atoms with Gasteiger partial charge in [-0.25, -0.2) is 0 Å². The minimum atomic E-state index is 0.0744. The third-order valence-corrected chi connectivity index (χ3v) is 6.19. The summed E-state index contributed by atoms with van der Waals surface area (Å²) < 4.78 is 5.82. The molecule has 2 unspecified atom stereocenters. The van der Waals surface area contributed by atoms with E-state index in [1.165, 1.54) is 36.8 Å². The molecule has 2 nitrogen and oxygen atoms in total. The lowest BCUT2D eigenvalue weighted by Gasteiger charge is -2.37. The first-order chi connectivity index (χ1) is 11.7. The third-order valence-electron chi connectivity index (χ3n) is 6.19. The van der Waals surface area contributed by atoms with Gasteiger partial charge >= 0.3 is 5.97 Å². The zero-order valence-corrected chi connectivity index (χ0v) is 15.3. The van der Waals surface area contributed by atoms with E-state index >= 15 is 0 Å². The SMILES string of the molecule is CCCC1CCC([C@H]2CC[C@H](c3ccc(CC)cc3)CC2)OC1=O. The number of benzene rings is 1. The number of cyclic esters (lactones) is 1. The molecule has 0 N–H and O–H groups in total. The van der Waals surface area contributed by atoms with E-state index in [1.54, 1.807) is 0 Å². The monoisotopic (exact) mass is 328 g/mol. The Morgan fingerprint density at radius 2 is 1.67 bits per heavy atom. The van der Waals surface area contributed by atoms with Crippen molar-refractivity contribution in [2.75, 3.05) is 0 Å². The molecule has 2 fully saturated rings. The number of rotatable bonds is 5. The van der Waals surface area contributed by atoms with Crippen LogP contribution in [0.5, 0.6) is 0 Å². The van der Waals surface area contributed by atoms with Gasteiger partial charge < -0.3 is 4.74 Å². The van der Waals surface area contributed by atoms with Crippen LogP contribution in [0.2, 0.25) is 0 Å². The molecule has 1 aliphatic carbocycles. The summed E-state index contributed by atoms with van der Waals surface area (Å²) in [5.74, 6) is 1.52. The van der Waals surface area contributed by atoms with Gasteiger partial charge in [0.05, 0.1) is 5.92 Å². The Morgan fingerprint density at radius 3 is 2.25 bits per heavy atom. The Labute approximate surface area is 147 Å². The summed E-state index contributed by atoms with van der Waals surface area (Å²) in [5.41, 5.74) is 2.91. The standard InChI is InChI=1S/C22H32O2/c1-3-5-20-14-15-21(24-22(20)23)19-12-10-18(11-13-19)17-8-6-16(4-2)7-9-17/h6-9,18-21H,3-5,10-15H2,1-2H3/t18-,19-,20?,21?. The van der Waals surface area contributed by atoms with Crippen molar-refractivity contribution < 1.29 is 9.53 Å². The van der Waals surface area contributed by atoms with E-state index in [-0.39, 0.29) is 18.0 Å². The highest BCUT2D eigenvalue weighted by Crippen LogP contribution is 2.40. The molecule has 132 valence electrons. The van der Waals surface area contributed by atoms with Crippen LogP contribution in [0.4, 0.5) is 0 Å². The lowest BCUT2D eigenvalue weighted by Crippen LogP contribution is -2.37. The zero-order valence-electron chi connectivity index (χ0n) is 15.3. The largest absolute Gasteiger partial charge is 0.462 e. The molecule has 1 aromatic carbocycles. The molecule has 24 heavy (non-hydrogen) atoms. The fourth-order valence-corrected chi connectivity index (χ4v) is 4.58. The molecule has 0 aromatic heterocycles. The van der Waals surface area contributed by atoms with Crippen LogP contribution in [0.25, 0.3) is 0 Å². The average molecular weight is 328 g/mol. The molecule has 3 rings (SSSR count). The number of hydrogen-bond donors (Lipinski definition) is 0. The maximum absolute atomic E-state index is 12.2. The van der Waals surface area contributed by atoms with Gasteiger partial charge in [-0.05, 0) is 74.3 Å². The van der Waals surface area contributed by atoms with E-state index in [9.17, 15) is 4.79 Å². The minimum Gasteiger partial charge on any atom is -0.462 e. The average Bonchev–Trinajstić information content (AvgIpc) is 2.64.